The van der Waals surface area contributed by atoms with Crippen molar-refractivity contribution in [3.63, 3.8) is 0 Å². The molecule has 1 aromatic carbocycles. The average Bonchev–Trinajstić information content (AvgIpc) is 2.59. The molecule has 0 aliphatic rings. The molecule has 0 unspecified atom stereocenters. The third-order valence-corrected chi connectivity index (χ3v) is 2.95. The molecule has 0 aliphatic heterocycles. The van der Waals surface area contributed by atoms with Gasteiger partial charge in [-0.25, -0.2) is 4.79 Å². The van der Waals surface area contributed by atoms with Gasteiger partial charge < -0.3 is 14.8 Å². The van der Waals surface area contributed by atoms with Crippen LogP contribution in [0.3, 0.4) is 0 Å². The molecular weight excluding hydrogens is 296 g/mol. The maximum atomic E-state index is 11.7. The van der Waals surface area contributed by atoms with E-state index in [2.05, 4.69) is 10.3 Å². The van der Waals surface area contributed by atoms with Crippen molar-refractivity contribution < 1.29 is 19.1 Å². The summed E-state index contributed by atoms with van der Waals surface area (Å²) in [5, 5.41) is 2.74. The Morgan fingerprint density at radius 3 is 2.61 bits per heavy atom. The normalized spacial score (nSPS) is 9.96. The molecule has 1 aromatic heterocycles. The Balaban J connectivity index is 1.77. The fraction of sp³-hybridized carbons (Fsp3) is 0.235. The summed E-state index contributed by atoms with van der Waals surface area (Å²) in [6.07, 6.45) is 3.36. The van der Waals surface area contributed by atoms with E-state index in [0.717, 1.165) is 5.56 Å². The molecule has 0 atom stereocenters. The highest BCUT2D eigenvalue weighted by Crippen LogP contribution is 2.12. The first-order chi connectivity index (χ1) is 11.2. The zero-order valence-corrected chi connectivity index (χ0v) is 12.8. The van der Waals surface area contributed by atoms with E-state index in [9.17, 15) is 9.59 Å². The Labute approximate surface area is 134 Å². The lowest BCUT2D eigenvalue weighted by Gasteiger charge is -2.08. The summed E-state index contributed by atoms with van der Waals surface area (Å²) in [6, 6.07) is 10.1. The minimum absolute atomic E-state index is 0.0982. The number of hydrogen-bond donors (Lipinski definition) is 1. The van der Waals surface area contributed by atoms with E-state index in [0.29, 0.717) is 24.5 Å². The monoisotopic (exact) mass is 314 g/mol. The van der Waals surface area contributed by atoms with E-state index < -0.39 is 0 Å². The zero-order valence-electron chi connectivity index (χ0n) is 12.8. The van der Waals surface area contributed by atoms with Crippen molar-refractivity contribution in [2.24, 2.45) is 0 Å². The lowest BCUT2D eigenvalue weighted by molar-refractivity contribution is -0.123. The van der Waals surface area contributed by atoms with Gasteiger partial charge in [0, 0.05) is 18.9 Å². The molecule has 1 N–H and O–H groups in total. The molecule has 0 aliphatic carbocycles. The molecule has 0 bridgehead atoms. The minimum Gasteiger partial charge on any atom is -0.484 e. The molecule has 6 nitrogen and oxygen atoms in total. The second-order valence-electron chi connectivity index (χ2n) is 4.67. The first kappa shape index (κ1) is 16.5. The van der Waals surface area contributed by atoms with Crippen molar-refractivity contribution in [3.05, 3.63) is 59.9 Å². The highest BCUT2D eigenvalue weighted by molar-refractivity contribution is 5.89. The molecule has 2 aromatic rings. The number of esters is 1. The summed E-state index contributed by atoms with van der Waals surface area (Å²) >= 11 is 0. The van der Waals surface area contributed by atoms with Crippen molar-refractivity contribution in [2.45, 2.75) is 13.5 Å². The summed E-state index contributed by atoms with van der Waals surface area (Å²) < 4.78 is 10.3. The smallest absolute Gasteiger partial charge is 0.338 e. The second-order valence-corrected chi connectivity index (χ2v) is 4.67. The molecule has 0 radical (unpaired) electrons. The number of pyridine rings is 1. The predicted octanol–water partition coefficient (Wildman–Crippen LogP) is 1.95. The molecule has 120 valence electrons. The molecule has 0 fully saturated rings. The summed E-state index contributed by atoms with van der Waals surface area (Å²) in [5.74, 6) is -0.105. The summed E-state index contributed by atoms with van der Waals surface area (Å²) in [5.41, 5.74) is 1.36. The van der Waals surface area contributed by atoms with Gasteiger partial charge in [0.15, 0.2) is 6.61 Å². The zero-order chi connectivity index (χ0) is 16.5. The number of nitrogens with zero attached hydrogens (tertiary/aromatic N) is 1. The SMILES string of the molecule is CCOC(=O)c1ccc(OCC(=O)NCc2cccnc2)cc1. The van der Waals surface area contributed by atoms with Gasteiger partial charge in [-0.05, 0) is 42.8 Å². The molecule has 6 heteroatoms. The summed E-state index contributed by atoms with van der Waals surface area (Å²) in [6.45, 7) is 2.38. The standard InChI is InChI=1S/C17H18N2O4/c1-2-22-17(21)14-5-7-15(8-6-14)23-12-16(20)19-11-13-4-3-9-18-10-13/h3-10H,2,11-12H2,1H3,(H,19,20). The van der Waals surface area contributed by atoms with Crippen LogP contribution in [0, 0.1) is 0 Å². The Bertz CT molecular complexity index is 641. The van der Waals surface area contributed by atoms with Gasteiger partial charge in [-0.15, -0.1) is 0 Å². The van der Waals surface area contributed by atoms with E-state index >= 15 is 0 Å². The van der Waals surface area contributed by atoms with Crippen molar-refractivity contribution in [3.8, 4) is 5.75 Å². The third kappa shape index (κ3) is 5.43. The van der Waals surface area contributed by atoms with Gasteiger partial charge in [0.25, 0.3) is 5.91 Å². The van der Waals surface area contributed by atoms with Crippen LogP contribution in [0.4, 0.5) is 0 Å². The summed E-state index contributed by atoms with van der Waals surface area (Å²) in [4.78, 5) is 27.2. The number of benzene rings is 1. The van der Waals surface area contributed by atoms with Crippen molar-refractivity contribution in [1.29, 1.82) is 0 Å². The number of nitrogens with one attached hydrogen (secondary N) is 1. The van der Waals surface area contributed by atoms with E-state index in [1.165, 1.54) is 0 Å². The van der Waals surface area contributed by atoms with Crippen LogP contribution in [0.2, 0.25) is 0 Å². The van der Waals surface area contributed by atoms with Crippen molar-refractivity contribution in [1.82, 2.24) is 10.3 Å². The largest absolute Gasteiger partial charge is 0.484 e. The molecule has 1 amide bonds. The van der Waals surface area contributed by atoms with Crippen LogP contribution in [0.5, 0.6) is 5.75 Å². The van der Waals surface area contributed by atoms with Crippen LogP contribution in [0.25, 0.3) is 0 Å². The fourth-order valence-corrected chi connectivity index (χ4v) is 1.80. The number of ether oxygens (including phenoxy) is 2. The maximum Gasteiger partial charge on any atom is 0.338 e. The van der Waals surface area contributed by atoms with Gasteiger partial charge in [-0.3, -0.25) is 9.78 Å². The highest BCUT2D eigenvalue weighted by Gasteiger charge is 2.07. The number of carbonyl (C=O) groups is 2. The lowest BCUT2D eigenvalue weighted by atomic mass is 10.2. The Morgan fingerprint density at radius 2 is 1.96 bits per heavy atom. The fourth-order valence-electron chi connectivity index (χ4n) is 1.80. The number of carbonyl (C=O) groups excluding carboxylic acids is 2. The van der Waals surface area contributed by atoms with Crippen molar-refractivity contribution in [2.75, 3.05) is 13.2 Å². The maximum absolute atomic E-state index is 11.7. The molecule has 0 saturated heterocycles. The molecule has 0 saturated carbocycles. The van der Waals surface area contributed by atoms with Gasteiger partial charge in [0.05, 0.1) is 12.2 Å². The van der Waals surface area contributed by atoms with Gasteiger partial charge in [-0.2, -0.15) is 0 Å². The van der Waals surface area contributed by atoms with Gasteiger partial charge in [0.2, 0.25) is 0 Å². The Hall–Kier alpha value is -2.89. The average molecular weight is 314 g/mol. The van der Waals surface area contributed by atoms with Crippen LogP contribution >= 0.6 is 0 Å². The Kier molecular flexibility index (Phi) is 6.11. The first-order valence-corrected chi connectivity index (χ1v) is 7.24. The van der Waals surface area contributed by atoms with E-state index in [-0.39, 0.29) is 18.5 Å². The second kappa shape index (κ2) is 8.53. The van der Waals surface area contributed by atoms with E-state index in [1.54, 1.807) is 43.6 Å². The van der Waals surface area contributed by atoms with Crippen LogP contribution in [-0.4, -0.2) is 30.1 Å². The van der Waals surface area contributed by atoms with Crippen LogP contribution in [-0.2, 0) is 16.1 Å². The number of aromatic nitrogens is 1. The van der Waals surface area contributed by atoms with Crippen LogP contribution < -0.4 is 10.1 Å². The quantitative estimate of drug-likeness (QED) is 0.790. The predicted molar refractivity (Wildman–Crippen MR) is 84.0 cm³/mol. The molecular formula is C17H18N2O4. The van der Waals surface area contributed by atoms with E-state index in [1.807, 2.05) is 12.1 Å². The van der Waals surface area contributed by atoms with Crippen LogP contribution in [0.1, 0.15) is 22.8 Å². The third-order valence-electron chi connectivity index (χ3n) is 2.95. The van der Waals surface area contributed by atoms with Gasteiger partial charge in [-0.1, -0.05) is 6.07 Å². The molecule has 23 heavy (non-hydrogen) atoms. The highest BCUT2D eigenvalue weighted by atomic mass is 16.5. The number of hydrogen-bond acceptors (Lipinski definition) is 5. The first-order valence-electron chi connectivity index (χ1n) is 7.24. The minimum atomic E-state index is -0.381. The number of rotatable bonds is 7. The lowest BCUT2D eigenvalue weighted by Crippen LogP contribution is -2.28. The van der Waals surface area contributed by atoms with Gasteiger partial charge >= 0.3 is 5.97 Å². The molecule has 0 spiro atoms. The van der Waals surface area contributed by atoms with Crippen LogP contribution in [0.15, 0.2) is 48.8 Å². The summed E-state index contributed by atoms with van der Waals surface area (Å²) in [7, 11) is 0. The molecule has 2 rings (SSSR count). The van der Waals surface area contributed by atoms with Gasteiger partial charge in [0.1, 0.15) is 5.75 Å². The topological polar surface area (TPSA) is 77.5 Å². The molecule has 1 heterocycles. The van der Waals surface area contributed by atoms with Crippen molar-refractivity contribution >= 4 is 11.9 Å². The van der Waals surface area contributed by atoms with E-state index in [4.69, 9.17) is 9.47 Å². The number of amides is 1. The Morgan fingerprint density at radius 1 is 1.17 bits per heavy atom.